The number of carbonyl (C=O) groups excluding carboxylic acids is 3. The summed E-state index contributed by atoms with van der Waals surface area (Å²) in [4.78, 5) is 41.6. The summed E-state index contributed by atoms with van der Waals surface area (Å²) in [6.07, 6.45) is 1.56. The van der Waals surface area contributed by atoms with Gasteiger partial charge in [0, 0.05) is 58.5 Å². The third-order valence-corrected chi connectivity index (χ3v) is 6.72. The summed E-state index contributed by atoms with van der Waals surface area (Å²) in [5, 5.41) is 10.2. The van der Waals surface area contributed by atoms with Gasteiger partial charge >= 0.3 is 0 Å². The van der Waals surface area contributed by atoms with E-state index in [1.807, 2.05) is 23.1 Å². The predicted octanol–water partition coefficient (Wildman–Crippen LogP) is 3.90. The summed E-state index contributed by atoms with van der Waals surface area (Å²) in [7, 11) is 1.66. The largest absolute Gasteiger partial charge is 0.340 e. The second-order valence-electron chi connectivity index (χ2n) is 8.56. The van der Waals surface area contributed by atoms with E-state index in [1.54, 1.807) is 44.4 Å². The van der Waals surface area contributed by atoms with Gasteiger partial charge in [-0.15, -0.1) is 0 Å². The summed E-state index contributed by atoms with van der Waals surface area (Å²) >= 11 is 12.2. The lowest BCUT2D eigenvalue weighted by Crippen LogP contribution is -2.47. The van der Waals surface area contributed by atoms with Gasteiger partial charge in [0.25, 0.3) is 11.8 Å². The minimum atomic E-state index is -0.534. The van der Waals surface area contributed by atoms with Gasteiger partial charge < -0.3 is 15.5 Å². The van der Waals surface area contributed by atoms with Crippen LogP contribution in [0.5, 0.6) is 0 Å². The Morgan fingerprint density at radius 3 is 2.36 bits per heavy atom. The molecule has 1 aliphatic heterocycles. The first kappa shape index (κ1) is 25.7. The molecule has 2 N–H and O–H groups in total. The summed E-state index contributed by atoms with van der Waals surface area (Å²) in [6.45, 7) is 5.21. The lowest BCUT2D eigenvalue weighted by molar-refractivity contribution is -0.130. The van der Waals surface area contributed by atoms with Gasteiger partial charge in [-0.25, -0.2) is 0 Å². The molecule has 0 bridgehead atoms. The number of benzene rings is 2. The second kappa shape index (κ2) is 11.1. The highest BCUT2D eigenvalue weighted by atomic mass is 35.5. The number of aromatic nitrogens is 2. The van der Waals surface area contributed by atoms with E-state index in [9.17, 15) is 14.4 Å². The minimum absolute atomic E-state index is 0.0430. The van der Waals surface area contributed by atoms with E-state index in [-0.39, 0.29) is 28.2 Å². The fourth-order valence-corrected chi connectivity index (χ4v) is 4.36. The lowest BCUT2D eigenvalue weighted by atomic mass is 10.1. The number of halogens is 2. The van der Waals surface area contributed by atoms with Gasteiger partial charge in [-0.2, -0.15) is 5.10 Å². The monoisotopic (exact) mass is 528 g/mol. The highest BCUT2D eigenvalue weighted by Crippen LogP contribution is 2.30. The van der Waals surface area contributed by atoms with Gasteiger partial charge in [0.15, 0.2) is 5.69 Å². The average molecular weight is 529 g/mol. The first-order valence-electron chi connectivity index (χ1n) is 11.4. The fourth-order valence-electron chi connectivity index (χ4n) is 4.01. The van der Waals surface area contributed by atoms with Crippen molar-refractivity contribution in [1.82, 2.24) is 19.6 Å². The number of amides is 3. The Kier molecular flexibility index (Phi) is 7.93. The van der Waals surface area contributed by atoms with Crippen LogP contribution in [0.3, 0.4) is 0 Å². The highest BCUT2D eigenvalue weighted by molar-refractivity contribution is 6.44. The molecule has 11 heteroatoms. The molecule has 0 saturated carbocycles. The number of hydrogen-bond acceptors (Lipinski definition) is 5. The van der Waals surface area contributed by atoms with E-state index in [0.29, 0.717) is 35.9 Å². The lowest BCUT2D eigenvalue weighted by Gasteiger charge is -2.34. The molecule has 4 rings (SSSR count). The molecule has 2 heterocycles. The van der Waals surface area contributed by atoms with Crippen molar-refractivity contribution >= 4 is 52.3 Å². The summed E-state index contributed by atoms with van der Waals surface area (Å²) in [5.41, 5.74) is 2.10. The Morgan fingerprint density at radius 2 is 1.64 bits per heavy atom. The van der Waals surface area contributed by atoms with Crippen LogP contribution >= 0.6 is 23.2 Å². The minimum Gasteiger partial charge on any atom is -0.340 e. The zero-order chi connectivity index (χ0) is 25.8. The molecule has 3 amide bonds. The van der Waals surface area contributed by atoms with Crippen molar-refractivity contribution in [2.75, 3.05) is 36.8 Å². The molecule has 1 aliphatic rings. The number of hydrogen-bond donors (Lipinski definition) is 2. The number of piperazine rings is 1. The Bertz CT molecular complexity index is 1300. The molecule has 2 aromatic carbocycles. The molecule has 0 aliphatic carbocycles. The topological polar surface area (TPSA) is 99.6 Å². The first-order chi connectivity index (χ1) is 17.2. The van der Waals surface area contributed by atoms with E-state index in [0.717, 1.165) is 18.7 Å². The SMILES string of the molecule is CC(=O)N1CCN(Cc2cccc(C(=O)Nc3cn(C)nc3C(=O)Nc3cccc(Cl)c3Cl)c2)CC1. The quantitative estimate of drug-likeness (QED) is 0.505. The maximum absolute atomic E-state index is 13.0. The van der Waals surface area contributed by atoms with Crippen molar-refractivity contribution in [1.29, 1.82) is 0 Å². The molecule has 9 nitrogen and oxygen atoms in total. The normalized spacial score (nSPS) is 13.9. The molecule has 1 fully saturated rings. The van der Waals surface area contributed by atoms with Gasteiger partial charge in [0.2, 0.25) is 5.91 Å². The van der Waals surface area contributed by atoms with Crippen molar-refractivity contribution in [2.24, 2.45) is 7.05 Å². The maximum Gasteiger partial charge on any atom is 0.278 e. The molecule has 188 valence electrons. The number of nitrogens with one attached hydrogen (secondary N) is 2. The highest BCUT2D eigenvalue weighted by Gasteiger charge is 2.21. The third kappa shape index (κ3) is 6.04. The molecule has 0 atom stereocenters. The van der Waals surface area contributed by atoms with E-state index in [2.05, 4.69) is 20.6 Å². The van der Waals surface area contributed by atoms with Crippen molar-refractivity contribution < 1.29 is 14.4 Å². The second-order valence-corrected chi connectivity index (χ2v) is 9.34. The Morgan fingerprint density at radius 1 is 0.944 bits per heavy atom. The predicted molar refractivity (Wildman–Crippen MR) is 140 cm³/mol. The van der Waals surface area contributed by atoms with Crippen molar-refractivity contribution in [2.45, 2.75) is 13.5 Å². The summed E-state index contributed by atoms with van der Waals surface area (Å²) in [5.74, 6) is -0.804. The Labute approximate surface area is 219 Å². The molecule has 0 spiro atoms. The molecule has 3 aromatic rings. The van der Waals surface area contributed by atoms with Crippen LogP contribution in [0, 0.1) is 0 Å². The Balaban J connectivity index is 1.44. The van der Waals surface area contributed by atoms with E-state index in [1.165, 1.54) is 4.68 Å². The van der Waals surface area contributed by atoms with Gasteiger partial charge in [-0.1, -0.05) is 41.4 Å². The molecule has 0 unspecified atom stereocenters. The van der Waals surface area contributed by atoms with Crippen LogP contribution in [0.1, 0.15) is 33.3 Å². The van der Waals surface area contributed by atoms with Crippen molar-refractivity contribution in [3.63, 3.8) is 0 Å². The Hall–Kier alpha value is -3.40. The van der Waals surface area contributed by atoms with Crippen LogP contribution in [-0.2, 0) is 18.4 Å². The third-order valence-electron chi connectivity index (χ3n) is 5.90. The molecular weight excluding hydrogens is 503 g/mol. The van der Waals surface area contributed by atoms with Crippen molar-refractivity contribution in [3.05, 3.63) is 75.5 Å². The van der Waals surface area contributed by atoms with E-state index in [4.69, 9.17) is 23.2 Å². The number of rotatable bonds is 6. The zero-order valence-corrected chi connectivity index (χ0v) is 21.4. The standard InChI is InChI=1S/C25H26Cl2N6O3/c1-16(34)33-11-9-32(10-12-33)14-17-5-3-6-18(13-17)24(35)29-21-15-31(2)30-23(21)25(36)28-20-8-4-7-19(26)22(20)27/h3-8,13,15H,9-12,14H2,1-2H3,(H,28,36)(H,29,35). The first-order valence-corrected chi connectivity index (χ1v) is 12.1. The van der Waals surface area contributed by atoms with E-state index >= 15 is 0 Å². The van der Waals surface area contributed by atoms with Crippen LogP contribution in [0.4, 0.5) is 11.4 Å². The van der Waals surface area contributed by atoms with Gasteiger partial charge in [-0.3, -0.25) is 24.0 Å². The number of anilines is 2. The van der Waals surface area contributed by atoms with E-state index < -0.39 is 5.91 Å². The van der Waals surface area contributed by atoms with Crippen LogP contribution in [0.2, 0.25) is 10.0 Å². The molecule has 36 heavy (non-hydrogen) atoms. The van der Waals surface area contributed by atoms with Crippen molar-refractivity contribution in [3.8, 4) is 0 Å². The van der Waals surface area contributed by atoms with Crippen LogP contribution in [0.15, 0.2) is 48.7 Å². The number of carbonyl (C=O) groups is 3. The fraction of sp³-hybridized carbons (Fsp3) is 0.280. The van der Waals surface area contributed by atoms with Crippen LogP contribution in [-0.4, -0.2) is 63.5 Å². The molecule has 1 saturated heterocycles. The zero-order valence-electron chi connectivity index (χ0n) is 19.9. The smallest absolute Gasteiger partial charge is 0.278 e. The molecular formula is C25H26Cl2N6O3. The van der Waals surface area contributed by atoms with Crippen LogP contribution < -0.4 is 10.6 Å². The van der Waals surface area contributed by atoms with Gasteiger partial charge in [-0.05, 0) is 29.8 Å². The van der Waals surface area contributed by atoms with Gasteiger partial charge in [0.1, 0.15) is 0 Å². The summed E-state index contributed by atoms with van der Waals surface area (Å²) in [6, 6.07) is 12.2. The maximum atomic E-state index is 13.0. The average Bonchev–Trinajstić information content (AvgIpc) is 3.22. The van der Waals surface area contributed by atoms with Gasteiger partial charge in [0.05, 0.1) is 21.4 Å². The van der Waals surface area contributed by atoms with Crippen LogP contribution in [0.25, 0.3) is 0 Å². The number of nitrogens with zero attached hydrogens (tertiary/aromatic N) is 4. The number of aryl methyl sites for hydroxylation is 1. The molecule has 1 aromatic heterocycles. The summed E-state index contributed by atoms with van der Waals surface area (Å²) < 4.78 is 1.45. The molecule has 0 radical (unpaired) electrons.